The normalized spacial score (nSPS) is 11.1. The van der Waals surface area contributed by atoms with Gasteiger partial charge in [-0.25, -0.2) is 9.97 Å². The van der Waals surface area contributed by atoms with E-state index in [1.807, 2.05) is 62.4 Å². The first kappa shape index (κ1) is 20.6. The second-order valence-corrected chi connectivity index (χ2v) is 7.60. The molecule has 1 amide bonds. The van der Waals surface area contributed by atoms with Crippen LogP contribution in [0.5, 0.6) is 5.88 Å². The maximum atomic E-state index is 12.6. The summed E-state index contributed by atoms with van der Waals surface area (Å²) in [4.78, 5) is 21.6. The lowest BCUT2D eigenvalue weighted by molar-refractivity contribution is -0.121. The third kappa shape index (κ3) is 4.91. The fourth-order valence-electron chi connectivity index (χ4n) is 3.50. The van der Waals surface area contributed by atoms with Crippen LogP contribution in [0.25, 0.3) is 16.7 Å². The van der Waals surface area contributed by atoms with Crippen molar-refractivity contribution in [2.75, 3.05) is 0 Å². The zero-order chi connectivity index (χ0) is 21.6. The molecule has 6 nitrogen and oxygen atoms in total. The van der Waals surface area contributed by atoms with Gasteiger partial charge in [0, 0.05) is 36.8 Å². The fourth-order valence-corrected chi connectivity index (χ4v) is 3.50. The van der Waals surface area contributed by atoms with Gasteiger partial charge >= 0.3 is 0 Å². The Hall–Kier alpha value is -3.67. The van der Waals surface area contributed by atoms with Gasteiger partial charge in [0.1, 0.15) is 5.82 Å². The fraction of sp³-hybridized carbons (Fsp3) is 0.240. The maximum Gasteiger partial charge on any atom is 0.220 e. The highest BCUT2D eigenvalue weighted by Crippen LogP contribution is 2.22. The van der Waals surface area contributed by atoms with E-state index in [4.69, 9.17) is 9.72 Å². The molecule has 0 aliphatic rings. The summed E-state index contributed by atoms with van der Waals surface area (Å²) in [6.45, 7) is 4.29. The van der Waals surface area contributed by atoms with Crippen molar-refractivity contribution in [2.24, 2.45) is 0 Å². The van der Waals surface area contributed by atoms with Gasteiger partial charge in [0.05, 0.1) is 17.1 Å². The maximum absolute atomic E-state index is 12.6. The SMILES string of the molecule is CC(C)Oc1ncccc1CNC(=O)CCc1nc2ccccc2n1-c1ccccc1. The van der Waals surface area contributed by atoms with Crippen molar-refractivity contribution < 1.29 is 9.53 Å². The van der Waals surface area contributed by atoms with Crippen molar-refractivity contribution in [1.82, 2.24) is 19.9 Å². The Morgan fingerprint density at radius 3 is 2.61 bits per heavy atom. The molecule has 0 aliphatic carbocycles. The van der Waals surface area contributed by atoms with Gasteiger partial charge in [0.25, 0.3) is 0 Å². The Kier molecular flexibility index (Phi) is 6.26. The van der Waals surface area contributed by atoms with E-state index >= 15 is 0 Å². The van der Waals surface area contributed by atoms with Gasteiger partial charge in [0.15, 0.2) is 0 Å². The first-order valence-electron chi connectivity index (χ1n) is 10.5. The van der Waals surface area contributed by atoms with Crippen LogP contribution in [0.3, 0.4) is 0 Å². The number of fused-ring (bicyclic) bond motifs is 1. The second kappa shape index (κ2) is 9.43. The van der Waals surface area contributed by atoms with Gasteiger partial charge in [-0.15, -0.1) is 0 Å². The summed E-state index contributed by atoms with van der Waals surface area (Å²) < 4.78 is 7.85. The molecule has 4 aromatic rings. The van der Waals surface area contributed by atoms with E-state index in [9.17, 15) is 4.79 Å². The number of ether oxygens (including phenoxy) is 1. The summed E-state index contributed by atoms with van der Waals surface area (Å²) in [6, 6.07) is 21.9. The summed E-state index contributed by atoms with van der Waals surface area (Å²) in [5.74, 6) is 1.39. The summed E-state index contributed by atoms with van der Waals surface area (Å²) in [5.41, 5.74) is 3.86. The number of hydrogen-bond donors (Lipinski definition) is 1. The average Bonchev–Trinajstić information content (AvgIpc) is 3.16. The van der Waals surface area contributed by atoms with Crippen LogP contribution in [-0.2, 0) is 17.8 Å². The number of nitrogens with one attached hydrogen (secondary N) is 1. The molecule has 2 aromatic carbocycles. The summed E-state index contributed by atoms with van der Waals surface area (Å²) >= 11 is 0. The molecule has 0 fully saturated rings. The lowest BCUT2D eigenvalue weighted by Crippen LogP contribution is -2.24. The summed E-state index contributed by atoms with van der Waals surface area (Å²) in [7, 11) is 0. The number of imidazole rings is 1. The Morgan fingerprint density at radius 1 is 1.03 bits per heavy atom. The minimum atomic E-state index is -0.0361. The number of rotatable bonds is 8. The van der Waals surface area contributed by atoms with Crippen molar-refractivity contribution in [3.8, 4) is 11.6 Å². The van der Waals surface area contributed by atoms with Gasteiger partial charge in [-0.05, 0) is 44.2 Å². The number of carbonyl (C=O) groups excluding carboxylic acids is 1. The lowest BCUT2D eigenvalue weighted by Gasteiger charge is -2.13. The number of nitrogens with zero attached hydrogens (tertiary/aromatic N) is 3. The van der Waals surface area contributed by atoms with Gasteiger partial charge in [-0.2, -0.15) is 0 Å². The Morgan fingerprint density at radius 2 is 1.81 bits per heavy atom. The smallest absolute Gasteiger partial charge is 0.220 e. The second-order valence-electron chi connectivity index (χ2n) is 7.60. The predicted molar refractivity (Wildman–Crippen MR) is 121 cm³/mol. The van der Waals surface area contributed by atoms with Crippen LogP contribution in [0, 0.1) is 0 Å². The van der Waals surface area contributed by atoms with E-state index in [0.717, 1.165) is 28.1 Å². The molecule has 0 atom stereocenters. The van der Waals surface area contributed by atoms with Gasteiger partial charge in [-0.1, -0.05) is 36.4 Å². The Labute approximate surface area is 181 Å². The Balaban J connectivity index is 1.46. The molecule has 4 rings (SSSR count). The summed E-state index contributed by atoms with van der Waals surface area (Å²) in [6.07, 6.45) is 2.60. The molecule has 2 aromatic heterocycles. The average molecular weight is 415 g/mol. The third-order valence-corrected chi connectivity index (χ3v) is 4.89. The van der Waals surface area contributed by atoms with Gasteiger partial charge in [-0.3, -0.25) is 9.36 Å². The van der Waals surface area contributed by atoms with Crippen molar-refractivity contribution >= 4 is 16.9 Å². The molecule has 0 unspecified atom stereocenters. The summed E-state index contributed by atoms with van der Waals surface area (Å²) in [5, 5.41) is 2.98. The number of carbonyl (C=O) groups is 1. The third-order valence-electron chi connectivity index (χ3n) is 4.89. The van der Waals surface area contributed by atoms with E-state index in [1.165, 1.54) is 0 Å². The molecule has 1 N–H and O–H groups in total. The number of pyridine rings is 1. The Bertz CT molecular complexity index is 1170. The van der Waals surface area contributed by atoms with E-state index in [2.05, 4.69) is 33.1 Å². The van der Waals surface area contributed by atoms with Crippen LogP contribution in [0.15, 0.2) is 72.9 Å². The zero-order valence-corrected chi connectivity index (χ0v) is 17.8. The minimum Gasteiger partial charge on any atom is -0.475 e. The topological polar surface area (TPSA) is 69.0 Å². The zero-order valence-electron chi connectivity index (χ0n) is 17.8. The van der Waals surface area contributed by atoms with Crippen LogP contribution >= 0.6 is 0 Å². The molecular weight excluding hydrogens is 388 g/mol. The molecule has 2 heterocycles. The quantitative estimate of drug-likeness (QED) is 0.462. The highest BCUT2D eigenvalue weighted by molar-refractivity contribution is 5.79. The van der Waals surface area contributed by atoms with Gasteiger partial charge < -0.3 is 10.1 Å². The monoisotopic (exact) mass is 414 g/mol. The molecule has 0 spiro atoms. The first-order chi connectivity index (χ1) is 15.1. The molecule has 31 heavy (non-hydrogen) atoms. The highest BCUT2D eigenvalue weighted by Gasteiger charge is 2.14. The van der Waals surface area contributed by atoms with Crippen LogP contribution < -0.4 is 10.1 Å². The van der Waals surface area contributed by atoms with E-state index < -0.39 is 0 Å². The van der Waals surface area contributed by atoms with Crippen molar-refractivity contribution in [3.63, 3.8) is 0 Å². The van der Waals surface area contributed by atoms with E-state index in [1.54, 1.807) is 6.20 Å². The molecule has 0 bridgehead atoms. The van der Waals surface area contributed by atoms with Crippen LogP contribution in [-0.4, -0.2) is 26.5 Å². The molecule has 0 aliphatic heterocycles. The number of aromatic nitrogens is 3. The van der Waals surface area contributed by atoms with E-state index in [0.29, 0.717) is 25.3 Å². The largest absolute Gasteiger partial charge is 0.475 e. The molecule has 6 heteroatoms. The lowest BCUT2D eigenvalue weighted by atomic mass is 10.2. The van der Waals surface area contributed by atoms with Crippen molar-refractivity contribution in [2.45, 2.75) is 39.3 Å². The van der Waals surface area contributed by atoms with E-state index in [-0.39, 0.29) is 12.0 Å². The van der Waals surface area contributed by atoms with Crippen LogP contribution in [0.4, 0.5) is 0 Å². The van der Waals surface area contributed by atoms with Crippen LogP contribution in [0.2, 0.25) is 0 Å². The molecular formula is C25H26N4O2. The first-order valence-corrected chi connectivity index (χ1v) is 10.5. The molecule has 0 radical (unpaired) electrons. The van der Waals surface area contributed by atoms with Crippen LogP contribution in [0.1, 0.15) is 31.7 Å². The minimum absolute atomic E-state index is 0.0235. The molecule has 0 saturated heterocycles. The number of para-hydroxylation sites is 3. The number of hydrogen-bond acceptors (Lipinski definition) is 4. The standard InChI is InChI=1S/C25H26N4O2/c1-18(2)31-25-19(9-8-16-26-25)17-27-24(30)15-14-23-28-21-12-6-7-13-22(21)29(23)20-10-4-3-5-11-20/h3-13,16,18H,14-15,17H2,1-2H3,(H,27,30). The molecule has 158 valence electrons. The number of amides is 1. The van der Waals surface area contributed by atoms with Gasteiger partial charge in [0.2, 0.25) is 11.8 Å². The predicted octanol–water partition coefficient (Wildman–Crippen LogP) is 4.46. The van der Waals surface area contributed by atoms with Crippen molar-refractivity contribution in [3.05, 3.63) is 84.3 Å². The van der Waals surface area contributed by atoms with Crippen molar-refractivity contribution in [1.29, 1.82) is 0 Å². The number of aryl methyl sites for hydroxylation is 1. The highest BCUT2D eigenvalue weighted by atomic mass is 16.5. The number of benzene rings is 2. The molecule has 0 saturated carbocycles.